The van der Waals surface area contributed by atoms with Crippen LogP contribution in [0.1, 0.15) is 17.5 Å². The zero-order chi connectivity index (χ0) is 23.7. The molecule has 2 N–H and O–H groups in total. The number of carbonyl (C=O) groups is 2. The van der Waals surface area contributed by atoms with E-state index in [1.807, 2.05) is 6.92 Å². The lowest BCUT2D eigenvalue weighted by atomic mass is 10.1. The Bertz CT molecular complexity index is 992. The second-order valence-electron chi connectivity index (χ2n) is 7.25. The summed E-state index contributed by atoms with van der Waals surface area (Å²) in [5, 5.41) is 20.1. The lowest BCUT2D eigenvalue weighted by molar-refractivity contribution is -0.152. The van der Waals surface area contributed by atoms with Gasteiger partial charge >= 0.3 is 11.9 Å². The van der Waals surface area contributed by atoms with Crippen molar-refractivity contribution >= 4 is 22.1 Å². The number of aliphatic hydroxyl groups is 1. The lowest BCUT2D eigenvalue weighted by Gasteiger charge is -2.30. The largest absolute Gasteiger partial charge is 0.480 e. The third-order valence-corrected chi connectivity index (χ3v) is 6.01. The van der Waals surface area contributed by atoms with Crippen molar-refractivity contribution in [3.63, 3.8) is 0 Å². The van der Waals surface area contributed by atoms with Gasteiger partial charge in [0.2, 0.25) is 0 Å². The molecule has 0 aliphatic carbocycles. The first kappa shape index (κ1) is 25.5. The molecule has 2 aromatic rings. The Morgan fingerprint density at radius 2 is 1.69 bits per heavy atom. The average molecular weight is 466 g/mol. The molecule has 174 valence electrons. The number of nitrogens with zero attached hydrogens (tertiary/aromatic N) is 1. The van der Waals surface area contributed by atoms with Gasteiger partial charge in [0.1, 0.15) is 6.04 Å². The molecule has 0 saturated carbocycles. The summed E-state index contributed by atoms with van der Waals surface area (Å²) in [5.41, 5.74) is 1.63. The predicted molar refractivity (Wildman–Crippen MR) is 115 cm³/mol. The third kappa shape index (κ3) is 7.72. The molecule has 2 atom stereocenters. The highest BCUT2D eigenvalue weighted by molar-refractivity contribution is 7.86. The number of carbonyl (C=O) groups excluding carboxylic acids is 1. The topological polar surface area (TPSA) is 130 Å². The summed E-state index contributed by atoms with van der Waals surface area (Å²) in [5.74, 6) is -1.99. The molecule has 32 heavy (non-hydrogen) atoms. The van der Waals surface area contributed by atoms with Crippen LogP contribution in [0.25, 0.3) is 0 Å². The van der Waals surface area contributed by atoms with Gasteiger partial charge in [-0.2, -0.15) is 8.42 Å². The maximum absolute atomic E-state index is 12.3. The van der Waals surface area contributed by atoms with E-state index in [1.54, 1.807) is 42.5 Å². The first-order chi connectivity index (χ1) is 15.1. The maximum atomic E-state index is 12.3. The Balaban J connectivity index is 2.13. The number of aryl methyl sites for hydroxylation is 1. The first-order valence-electron chi connectivity index (χ1n) is 9.84. The summed E-state index contributed by atoms with van der Waals surface area (Å²) >= 11 is 0. The van der Waals surface area contributed by atoms with Gasteiger partial charge in [0, 0.05) is 13.1 Å². The molecule has 0 amide bonds. The monoisotopic (exact) mass is 465 g/mol. The lowest BCUT2D eigenvalue weighted by Crippen LogP contribution is -2.46. The number of hydrogen-bond acceptors (Lipinski definition) is 8. The molecule has 0 saturated heterocycles. The zero-order valence-electron chi connectivity index (χ0n) is 17.9. The molecule has 2 rings (SSSR count). The van der Waals surface area contributed by atoms with Gasteiger partial charge in [-0.15, -0.1) is 0 Å². The standard InChI is InChI=1S/C22H27NO8S/c1-16-8-10-19(11-9-16)32(28,29)31-15-18(24)14-23(13-17-6-4-3-5-7-17)20(22(26)27)12-21(25)30-2/h3-11,18,20,24H,12-15H2,1-2H3,(H,26,27)/t18-,20+/m1/s1. The van der Waals surface area contributed by atoms with E-state index in [9.17, 15) is 28.2 Å². The minimum absolute atomic E-state index is 0.0504. The van der Waals surface area contributed by atoms with E-state index in [2.05, 4.69) is 4.74 Å². The second kappa shape index (κ2) is 11.7. The fourth-order valence-electron chi connectivity index (χ4n) is 3.00. The molecule has 0 aliphatic rings. The number of carboxylic acid groups (broad SMARTS) is 1. The molecular weight excluding hydrogens is 438 g/mol. The number of carboxylic acids is 1. The summed E-state index contributed by atoms with van der Waals surface area (Å²) in [6.45, 7) is 1.10. The number of hydrogen-bond donors (Lipinski definition) is 2. The Hall–Kier alpha value is -2.79. The van der Waals surface area contributed by atoms with Crippen molar-refractivity contribution in [3.8, 4) is 0 Å². The molecule has 0 fully saturated rings. The normalized spacial score (nSPS) is 13.5. The highest BCUT2D eigenvalue weighted by Gasteiger charge is 2.31. The quantitative estimate of drug-likeness (QED) is 0.354. The van der Waals surface area contributed by atoms with E-state index < -0.39 is 47.2 Å². The molecule has 0 unspecified atom stereocenters. The van der Waals surface area contributed by atoms with Crippen molar-refractivity contribution < 1.29 is 37.1 Å². The van der Waals surface area contributed by atoms with Crippen LogP contribution < -0.4 is 0 Å². The third-order valence-electron chi connectivity index (χ3n) is 4.71. The molecule has 0 radical (unpaired) electrons. The number of ether oxygens (including phenoxy) is 1. The van der Waals surface area contributed by atoms with Crippen LogP contribution in [0.3, 0.4) is 0 Å². The molecule has 0 aromatic heterocycles. The van der Waals surface area contributed by atoms with Crippen LogP contribution in [-0.2, 0) is 35.2 Å². The molecule has 0 aliphatic heterocycles. The van der Waals surface area contributed by atoms with Gasteiger partial charge in [-0.25, -0.2) is 0 Å². The van der Waals surface area contributed by atoms with Gasteiger partial charge in [-0.05, 0) is 24.6 Å². The van der Waals surface area contributed by atoms with Crippen molar-refractivity contribution in [2.75, 3.05) is 20.3 Å². The molecule has 10 heteroatoms. The number of methoxy groups -OCH3 is 1. The Labute approximate surface area is 187 Å². The molecular formula is C22H27NO8S. The van der Waals surface area contributed by atoms with Crippen LogP contribution in [-0.4, -0.2) is 67.9 Å². The van der Waals surface area contributed by atoms with Gasteiger partial charge in [0.15, 0.2) is 0 Å². The van der Waals surface area contributed by atoms with Crippen molar-refractivity contribution in [2.24, 2.45) is 0 Å². The molecule has 0 heterocycles. The first-order valence-corrected chi connectivity index (χ1v) is 11.2. The highest BCUT2D eigenvalue weighted by Crippen LogP contribution is 2.16. The summed E-state index contributed by atoms with van der Waals surface area (Å²) in [6, 6.07) is 13.7. The maximum Gasteiger partial charge on any atom is 0.321 e. The van der Waals surface area contributed by atoms with Gasteiger partial charge in [-0.3, -0.25) is 18.7 Å². The Kier molecular flexibility index (Phi) is 9.33. The molecule has 2 aromatic carbocycles. The van der Waals surface area contributed by atoms with E-state index in [0.29, 0.717) is 0 Å². The van der Waals surface area contributed by atoms with Crippen molar-refractivity contribution in [2.45, 2.75) is 36.9 Å². The smallest absolute Gasteiger partial charge is 0.321 e. The molecule has 9 nitrogen and oxygen atoms in total. The van der Waals surface area contributed by atoms with Gasteiger partial charge in [-0.1, -0.05) is 48.0 Å². The zero-order valence-corrected chi connectivity index (χ0v) is 18.7. The summed E-state index contributed by atoms with van der Waals surface area (Å²) in [6.07, 6.45) is -1.77. The van der Waals surface area contributed by atoms with Gasteiger partial charge < -0.3 is 14.9 Å². The van der Waals surface area contributed by atoms with Crippen molar-refractivity contribution in [1.29, 1.82) is 0 Å². The van der Waals surface area contributed by atoms with E-state index in [1.165, 1.54) is 17.0 Å². The SMILES string of the molecule is COC(=O)C[C@@H](C(=O)O)N(Cc1ccccc1)C[C@@H](O)COS(=O)(=O)c1ccc(C)cc1. The number of aliphatic carboxylic acids is 1. The highest BCUT2D eigenvalue weighted by atomic mass is 32.2. The Morgan fingerprint density at radius 3 is 2.25 bits per heavy atom. The number of esters is 1. The van der Waals surface area contributed by atoms with Crippen LogP contribution in [0, 0.1) is 6.92 Å². The fourth-order valence-corrected chi connectivity index (χ4v) is 3.94. The summed E-state index contributed by atoms with van der Waals surface area (Å²) in [4.78, 5) is 24.9. The van der Waals surface area contributed by atoms with Crippen LogP contribution in [0.15, 0.2) is 59.5 Å². The van der Waals surface area contributed by atoms with Crippen LogP contribution in [0.5, 0.6) is 0 Å². The van der Waals surface area contributed by atoms with E-state index in [4.69, 9.17) is 4.18 Å². The van der Waals surface area contributed by atoms with E-state index in [-0.39, 0.29) is 18.0 Å². The van der Waals surface area contributed by atoms with Crippen LogP contribution in [0.4, 0.5) is 0 Å². The minimum Gasteiger partial charge on any atom is -0.480 e. The summed E-state index contributed by atoms with van der Waals surface area (Å²) in [7, 11) is -2.94. The second-order valence-corrected chi connectivity index (χ2v) is 8.87. The van der Waals surface area contributed by atoms with Crippen LogP contribution in [0.2, 0.25) is 0 Å². The van der Waals surface area contributed by atoms with E-state index >= 15 is 0 Å². The van der Waals surface area contributed by atoms with Crippen molar-refractivity contribution in [3.05, 3.63) is 65.7 Å². The van der Waals surface area contributed by atoms with Gasteiger partial charge in [0.25, 0.3) is 10.1 Å². The van der Waals surface area contributed by atoms with Crippen molar-refractivity contribution in [1.82, 2.24) is 4.90 Å². The van der Waals surface area contributed by atoms with E-state index in [0.717, 1.165) is 18.2 Å². The minimum atomic E-state index is -4.10. The van der Waals surface area contributed by atoms with Gasteiger partial charge in [0.05, 0.1) is 31.1 Å². The fraction of sp³-hybridized carbons (Fsp3) is 0.364. The average Bonchev–Trinajstić information content (AvgIpc) is 2.76. The Morgan fingerprint density at radius 1 is 1.06 bits per heavy atom. The van der Waals surface area contributed by atoms with Crippen LogP contribution >= 0.6 is 0 Å². The summed E-state index contributed by atoms with van der Waals surface area (Å²) < 4.78 is 34.3. The molecule has 0 spiro atoms. The molecule has 0 bridgehead atoms. The number of rotatable bonds is 12. The number of benzene rings is 2. The number of aliphatic hydroxyl groups excluding tert-OH is 1. The predicted octanol–water partition coefficient (Wildman–Crippen LogP) is 1.58.